The van der Waals surface area contributed by atoms with Gasteiger partial charge in [-0.25, -0.2) is 0 Å². The number of hydrogen-bond acceptors (Lipinski definition) is 5. The number of hydrogen-bond donors (Lipinski definition) is 1. The maximum atomic E-state index is 13.4. The number of aliphatic hydroxyl groups excluding tert-OH is 1. The Morgan fingerprint density at radius 2 is 1.93 bits per heavy atom. The Morgan fingerprint density at radius 1 is 1.17 bits per heavy atom. The van der Waals surface area contributed by atoms with Gasteiger partial charge in [-0.2, -0.15) is 0 Å². The first-order valence-corrected chi connectivity index (χ1v) is 9.92. The molecule has 0 bridgehead atoms. The number of halogens is 1. The van der Waals surface area contributed by atoms with E-state index >= 15 is 0 Å². The lowest BCUT2D eigenvalue weighted by Crippen LogP contribution is -2.36. The number of aliphatic hydroxyl groups is 1. The van der Waals surface area contributed by atoms with Crippen LogP contribution in [0.25, 0.3) is 11.0 Å². The zero-order valence-electron chi connectivity index (χ0n) is 16.6. The molecular formula is C23H21ClN2O4. The predicted octanol–water partition coefficient (Wildman–Crippen LogP) is 4.23. The summed E-state index contributed by atoms with van der Waals surface area (Å²) in [7, 11) is 3.78. The lowest BCUT2D eigenvalue weighted by Gasteiger charge is -2.28. The predicted molar refractivity (Wildman–Crippen MR) is 115 cm³/mol. The average Bonchev–Trinajstić information content (AvgIpc) is 3.26. The fraction of sp³-hybridized carbons (Fsp3) is 0.217. The summed E-state index contributed by atoms with van der Waals surface area (Å²) in [6.45, 7) is 0.909. The molecule has 4 rings (SSSR count). The molecule has 3 aromatic rings. The standard InChI is InChI=1S/C23H21ClN2O4/c1-25(2)10-11-26-20(15-7-5-8-16(24)12-15)19(22(28)23(26)29)21(27)18-13-14-6-3-4-9-17(14)30-18/h3-9,12-13,20,28H,10-11H2,1-2H3/t20-/m0/s1. The quantitative estimate of drug-likeness (QED) is 0.599. The molecular weight excluding hydrogens is 404 g/mol. The van der Waals surface area contributed by atoms with E-state index in [9.17, 15) is 14.7 Å². The number of furan rings is 1. The van der Waals surface area contributed by atoms with Gasteiger partial charge in [0.1, 0.15) is 5.58 Å². The van der Waals surface area contributed by atoms with Gasteiger partial charge in [0.15, 0.2) is 11.5 Å². The fourth-order valence-corrected chi connectivity index (χ4v) is 3.87. The van der Waals surface area contributed by atoms with Crippen LogP contribution in [0.1, 0.15) is 22.2 Å². The molecule has 0 saturated heterocycles. The van der Waals surface area contributed by atoms with Crippen molar-refractivity contribution in [2.75, 3.05) is 27.2 Å². The van der Waals surface area contributed by atoms with Gasteiger partial charge in [-0.1, -0.05) is 41.9 Å². The minimum Gasteiger partial charge on any atom is -0.503 e. The van der Waals surface area contributed by atoms with Gasteiger partial charge < -0.3 is 19.3 Å². The summed E-state index contributed by atoms with van der Waals surface area (Å²) in [4.78, 5) is 29.7. The Kier molecular flexibility index (Phi) is 5.37. The molecule has 0 aliphatic carbocycles. The number of rotatable bonds is 6. The first-order valence-electron chi connectivity index (χ1n) is 9.54. The van der Waals surface area contributed by atoms with Crippen LogP contribution in [0.5, 0.6) is 0 Å². The van der Waals surface area contributed by atoms with E-state index in [4.69, 9.17) is 16.0 Å². The molecule has 0 unspecified atom stereocenters. The van der Waals surface area contributed by atoms with Crippen LogP contribution < -0.4 is 0 Å². The third-order valence-corrected chi connectivity index (χ3v) is 5.39. The molecule has 7 heteroatoms. The fourth-order valence-electron chi connectivity index (χ4n) is 3.67. The summed E-state index contributed by atoms with van der Waals surface area (Å²) in [6, 6.07) is 15.1. The lowest BCUT2D eigenvalue weighted by molar-refractivity contribution is -0.129. The Hall–Kier alpha value is -3.09. The minimum absolute atomic E-state index is 0.0000731. The number of carbonyl (C=O) groups excluding carboxylic acids is 2. The van der Waals surface area contributed by atoms with E-state index in [-0.39, 0.29) is 11.3 Å². The number of benzene rings is 2. The molecule has 2 heterocycles. The van der Waals surface area contributed by atoms with Gasteiger partial charge in [-0.15, -0.1) is 0 Å². The van der Waals surface area contributed by atoms with Crippen molar-refractivity contribution in [1.29, 1.82) is 0 Å². The van der Waals surface area contributed by atoms with E-state index in [1.165, 1.54) is 4.90 Å². The highest BCUT2D eigenvalue weighted by Crippen LogP contribution is 2.40. The van der Waals surface area contributed by atoms with Gasteiger partial charge in [-0.05, 0) is 43.9 Å². The van der Waals surface area contributed by atoms with Crippen LogP contribution in [0, 0.1) is 0 Å². The summed E-state index contributed by atoms with van der Waals surface area (Å²) in [5, 5.41) is 11.9. The second-order valence-corrected chi connectivity index (χ2v) is 7.94. The number of para-hydroxylation sites is 1. The van der Waals surface area contributed by atoms with Crippen LogP contribution in [0.15, 0.2) is 70.3 Å². The lowest BCUT2D eigenvalue weighted by atomic mass is 9.95. The first kappa shape index (κ1) is 20.2. The van der Waals surface area contributed by atoms with Crippen molar-refractivity contribution in [2.45, 2.75) is 6.04 Å². The first-order chi connectivity index (χ1) is 14.4. The Balaban J connectivity index is 1.79. The zero-order chi connectivity index (χ0) is 21.4. The molecule has 1 aliphatic heterocycles. The second-order valence-electron chi connectivity index (χ2n) is 7.50. The van der Waals surface area contributed by atoms with Gasteiger partial charge in [0.2, 0.25) is 5.78 Å². The van der Waals surface area contributed by atoms with Gasteiger partial charge in [0.05, 0.1) is 11.6 Å². The molecule has 2 aromatic carbocycles. The number of carbonyl (C=O) groups is 2. The smallest absolute Gasteiger partial charge is 0.290 e. The van der Waals surface area contributed by atoms with Crippen LogP contribution in [0.3, 0.4) is 0 Å². The van der Waals surface area contributed by atoms with Crippen LogP contribution in [-0.4, -0.2) is 53.8 Å². The molecule has 0 spiro atoms. The molecule has 1 aromatic heterocycles. The SMILES string of the molecule is CN(C)CCN1C(=O)C(O)=C(C(=O)c2cc3ccccc3o2)[C@@H]1c1cccc(Cl)c1. The number of nitrogens with zero attached hydrogens (tertiary/aromatic N) is 2. The minimum atomic E-state index is -0.753. The van der Waals surface area contributed by atoms with E-state index in [1.807, 2.05) is 37.2 Å². The van der Waals surface area contributed by atoms with Gasteiger partial charge >= 0.3 is 0 Å². The number of ketones is 1. The van der Waals surface area contributed by atoms with E-state index < -0.39 is 23.5 Å². The molecule has 1 N–H and O–H groups in total. The molecule has 1 amide bonds. The summed E-state index contributed by atoms with van der Waals surface area (Å²) in [5.41, 5.74) is 1.22. The van der Waals surface area contributed by atoms with Gasteiger partial charge in [0, 0.05) is 23.5 Å². The van der Waals surface area contributed by atoms with Crippen molar-refractivity contribution < 1.29 is 19.1 Å². The normalized spacial score (nSPS) is 16.9. The number of fused-ring (bicyclic) bond motifs is 1. The molecule has 0 fully saturated rings. The Bertz CT molecular complexity index is 1130. The topological polar surface area (TPSA) is 74.0 Å². The van der Waals surface area contributed by atoms with Crippen molar-refractivity contribution in [3.05, 3.63) is 82.3 Å². The largest absolute Gasteiger partial charge is 0.503 e. The zero-order valence-corrected chi connectivity index (χ0v) is 17.4. The second kappa shape index (κ2) is 7.97. The summed E-state index contributed by atoms with van der Waals surface area (Å²) in [6.07, 6.45) is 0. The van der Waals surface area contributed by atoms with Crippen molar-refractivity contribution in [2.24, 2.45) is 0 Å². The maximum absolute atomic E-state index is 13.4. The highest BCUT2D eigenvalue weighted by Gasteiger charge is 2.44. The van der Waals surface area contributed by atoms with E-state index in [0.29, 0.717) is 29.3 Å². The molecule has 154 valence electrons. The summed E-state index contributed by atoms with van der Waals surface area (Å²) >= 11 is 6.18. The van der Waals surface area contributed by atoms with Crippen molar-refractivity contribution in [1.82, 2.24) is 9.80 Å². The van der Waals surface area contributed by atoms with Crippen LogP contribution >= 0.6 is 11.6 Å². The van der Waals surface area contributed by atoms with Crippen molar-refractivity contribution in [3.8, 4) is 0 Å². The van der Waals surface area contributed by atoms with E-state index in [2.05, 4.69) is 0 Å². The molecule has 1 atom stereocenters. The van der Waals surface area contributed by atoms with Gasteiger partial charge in [-0.3, -0.25) is 9.59 Å². The molecule has 30 heavy (non-hydrogen) atoms. The van der Waals surface area contributed by atoms with Crippen molar-refractivity contribution >= 4 is 34.3 Å². The number of amides is 1. The average molecular weight is 425 g/mol. The van der Waals surface area contributed by atoms with Gasteiger partial charge in [0.25, 0.3) is 5.91 Å². The Labute approximate surface area is 178 Å². The maximum Gasteiger partial charge on any atom is 0.290 e. The summed E-state index contributed by atoms with van der Waals surface area (Å²) in [5.74, 6) is -1.58. The molecule has 6 nitrogen and oxygen atoms in total. The monoisotopic (exact) mass is 424 g/mol. The van der Waals surface area contributed by atoms with Crippen LogP contribution in [0.4, 0.5) is 0 Å². The number of Topliss-reactive ketones (excluding diaryl/α,β-unsaturated/α-hetero) is 1. The third-order valence-electron chi connectivity index (χ3n) is 5.15. The Morgan fingerprint density at radius 3 is 2.63 bits per heavy atom. The molecule has 0 saturated carbocycles. The third kappa shape index (κ3) is 3.60. The number of likely N-dealkylation sites (N-methyl/N-ethyl adjacent to an activating group) is 1. The molecule has 0 radical (unpaired) electrons. The van der Waals surface area contributed by atoms with E-state index in [1.54, 1.807) is 36.4 Å². The highest BCUT2D eigenvalue weighted by molar-refractivity contribution is 6.30. The van der Waals surface area contributed by atoms with Crippen LogP contribution in [0.2, 0.25) is 5.02 Å². The molecule has 1 aliphatic rings. The van der Waals surface area contributed by atoms with Crippen LogP contribution in [-0.2, 0) is 4.79 Å². The summed E-state index contributed by atoms with van der Waals surface area (Å²) < 4.78 is 5.71. The highest BCUT2D eigenvalue weighted by atomic mass is 35.5. The van der Waals surface area contributed by atoms with Crippen molar-refractivity contribution in [3.63, 3.8) is 0 Å². The van der Waals surface area contributed by atoms with E-state index in [0.717, 1.165) is 5.39 Å².